The third-order valence-electron chi connectivity index (χ3n) is 5.86. The van der Waals surface area contributed by atoms with Gasteiger partial charge in [0, 0.05) is 31.7 Å². The predicted molar refractivity (Wildman–Crippen MR) is 113 cm³/mol. The summed E-state index contributed by atoms with van der Waals surface area (Å²) in [6.45, 7) is 13.5. The number of carbonyl (C=O) groups is 1. The summed E-state index contributed by atoms with van der Waals surface area (Å²) in [7, 11) is 0. The average Bonchev–Trinajstić information content (AvgIpc) is 2.66. The van der Waals surface area contributed by atoms with Crippen LogP contribution in [0.4, 0.5) is 0 Å². The summed E-state index contributed by atoms with van der Waals surface area (Å²) in [6.07, 6.45) is 3.52. The summed E-state index contributed by atoms with van der Waals surface area (Å²) in [4.78, 5) is 17.3. The molecule has 0 bridgehead atoms. The lowest BCUT2D eigenvalue weighted by atomic mass is 9.86. The Kier molecular flexibility index (Phi) is 8.14. The zero-order chi connectivity index (χ0) is 18.6. The molecule has 2 heterocycles. The van der Waals surface area contributed by atoms with Crippen LogP contribution in [-0.4, -0.2) is 61.6 Å². The molecule has 2 fully saturated rings. The number of nitrogens with zero attached hydrogens (tertiary/aromatic N) is 2. The van der Waals surface area contributed by atoms with Gasteiger partial charge in [0.1, 0.15) is 0 Å². The lowest BCUT2D eigenvalue weighted by Gasteiger charge is -2.34. The molecule has 0 spiro atoms. The lowest BCUT2D eigenvalue weighted by Crippen LogP contribution is -2.40. The maximum atomic E-state index is 12.8. The van der Waals surface area contributed by atoms with Gasteiger partial charge in [-0.3, -0.25) is 9.69 Å². The van der Waals surface area contributed by atoms with Crippen LogP contribution in [0.15, 0.2) is 24.3 Å². The fraction of sp³-hybridized carbons (Fsp3) is 0.682. The molecule has 0 radical (unpaired) electrons. The monoisotopic (exact) mass is 394 g/mol. The van der Waals surface area contributed by atoms with Gasteiger partial charge in [0.05, 0.1) is 13.2 Å². The van der Waals surface area contributed by atoms with Crippen LogP contribution in [0.5, 0.6) is 0 Å². The van der Waals surface area contributed by atoms with Crippen LogP contribution < -0.4 is 0 Å². The molecule has 2 aliphatic rings. The van der Waals surface area contributed by atoms with E-state index in [2.05, 4.69) is 37.8 Å². The Labute approximate surface area is 170 Å². The number of carbonyl (C=O) groups excluding carboxylic acids is 1. The van der Waals surface area contributed by atoms with Gasteiger partial charge in [-0.2, -0.15) is 0 Å². The second-order valence-corrected chi connectivity index (χ2v) is 8.81. The van der Waals surface area contributed by atoms with Gasteiger partial charge in [0.25, 0.3) is 5.91 Å². The third kappa shape index (κ3) is 6.20. The molecule has 27 heavy (non-hydrogen) atoms. The predicted octanol–water partition coefficient (Wildman–Crippen LogP) is 3.98. The minimum absolute atomic E-state index is 0. The van der Waals surface area contributed by atoms with Gasteiger partial charge in [0.2, 0.25) is 0 Å². The number of likely N-dealkylation sites (tertiary alicyclic amines) is 1. The van der Waals surface area contributed by atoms with Gasteiger partial charge in [0.15, 0.2) is 0 Å². The molecule has 152 valence electrons. The molecule has 5 heteroatoms. The largest absolute Gasteiger partial charge is 0.379 e. The summed E-state index contributed by atoms with van der Waals surface area (Å²) in [5, 5.41) is 0. The molecule has 0 saturated carbocycles. The number of amides is 1. The highest BCUT2D eigenvalue weighted by atomic mass is 35.5. The van der Waals surface area contributed by atoms with Crippen LogP contribution in [0.1, 0.15) is 56.0 Å². The summed E-state index contributed by atoms with van der Waals surface area (Å²) in [5.41, 5.74) is 2.22. The number of ether oxygens (including phenoxy) is 1. The molecule has 1 amide bonds. The molecular weight excluding hydrogens is 360 g/mol. The van der Waals surface area contributed by atoms with E-state index in [9.17, 15) is 4.79 Å². The quantitative estimate of drug-likeness (QED) is 0.774. The van der Waals surface area contributed by atoms with Crippen molar-refractivity contribution in [2.24, 2.45) is 5.92 Å². The Morgan fingerprint density at radius 1 is 1.04 bits per heavy atom. The van der Waals surface area contributed by atoms with Gasteiger partial charge >= 0.3 is 0 Å². The van der Waals surface area contributed by atoms with E-state index in [1.165, 1.54) is 18.5 Å². The first-order valence-corrected chi connectivity index (χ1v) is 10.1. The Morgan fingerprint density at radius 3 is 2.19 bits per heavy atom. The number of hydrogen-bond acceptors (Lipinski definition) is 3. The number of piperidine rings is 1. The second-order valence-electron chi connectivity index (χ2n) is 8.81. The summed E-state index contributed by atoms with van der Waals surface area (Å²) >= 11 is 0. The normalized spacial score (nSPS) is 19.6. The van der Waals surface area contributed by atoms with E-state index in [-0.39, 0.29) is 23.7 Å². The minimum atomic E-state index is 0. The van der Waals surface area contributed by atoms with Gasteiger partial charge in [-0.1, -0.05) is 32.9 Å². The number of rotatable bonds is 4. The smallest absolute Gasteiger partial charge is 0.253 e. The first-order valence-electron chi connectivity index (χ1n) is 10.1. The maximum Gasteiger partial charge on any atom is 0.253 e. The van der Waals surface area contributed by atoms with Crippen molar-refractivity contribution in [2.45, 2.75) is 45.4 Å². The topological polar surface area (TPSA) is 32.8 Å². The highest BCUT2D eigenvalue weighted by molar-refractivity contribution is 5.94. The van der Waals surface area contributed by atoms with E-state index < -0.39 is 0 Å². The molecule has 4 nitrogen and oxygen atoms in total. The lowest BCUT2D eigenvalue weighted by molar-refractivity contribution is 0.0332. The zero-order valence-electron chi connectivity index (χ0n) is 17.1. The van der Waals surface area contributed by atoms with E-state index in [0.29, 0.717) is 0 Å². The minimum Gasteiger partial charge on any atom is -0.379 e. The van der Waals surface area contributed by atoms with Crippen LogP contribution in [0, 0.1) is 5.92 Å². The molecule has 3 rings (SSSR count). The molecule has 0 unspecified atom stereocenters. The average molecular weight is 395 g/mol. The summed E-state index contributed by atoms with van der Waals surface area (Å²) < 4.78 is 5.41. The zero-order valence-corrected chi connectivity index (χ0v) is 17.9. The van der Waals surface area contributed by atoms with E-state index in [0.717, 1.165) is 63.7 Å². The van der Waals surface area contributed by atoms with Gasteiger partial charge in [-0.25, -0.2) is 0 Å². The molecule has 0 N–H and O–H groups in total. The Morgan fingerprint density at radius 2 is 1.63 bits per heavy atom. The molecule has 2 saturated heterocycles. The van der Waals surface area contributed by atoms with Crippen LogP contribution in [0.2, 0.25) is 0 Å². The Balaban J connectivity index is 0.00000261. The van der Waals surface area contributed by atoms with Gasteiger partial charge in [-0.15, -0.1) is 12.4 Å². The molecule has 0 aliphatic carbocycles. The third-order valence-corrected chi connectivity index (χ3v) is 5.86. The van der Waals surface area contributed by atoms with Crippen molar-refractivity contribution in [3.63, 3.8) is 0 Å². The standard InChI is InChI=1S/C22H34N2O2.ClH/c1-22(2,3)20-6-4-19(5-7-20)21(25)24-12-9-18(10-13-24)8-11-23-14-16-26-17-15-23;/h4-7,18H,8-17H2,1-3H3;1H. The van der Waals surface area contributed by atoms with E-state index >= 15 is 0 Å². The Bertz CT molecular complexity index is 583. The molecular formula is C22H35ClN2O2. The number of hydrogen-bond donors (Lipinski definition) is 0. The maximum absolute atomic E-state index is 12.8. The molecule has 1 aromatic rings. The van der Waals surface area contributed by atoms with Crippen molar-refractivity contribution in [1.82, 2.24) is 9.80 Å². The van der Waals surface area contributed by atoms with Crippen molar-refractivity contribution in [3.05, 3.63) is 35.4 Å². The first kappa shape index (κ1) is 22.2. The Hall–Kier alpha value is -1.10. The number of benzene rings is 1. The van der Waals surface area contributed by atoms with Crippen LogP contribution in [-0.2, 0) is 10.2 Å². The van der Waals surface area contributed by atoms with Crippen LogP contribution >= 0.6 is 12.4 Å². The number of halogens is 1. The van der Waals surface area contributed by atoms with Gasteiger partial charge in [-0.05, 0) is 54.8 Å². The van der Waals surface area contributed by atoms with Crippen molar-refractivity contribution in [2.75, 3.05) is 45.9 Å². The first-order chi connectivity index (χ1) is 12.4. The summed E-state index contributed by atoms with van der Waals surface area (Å²) in [6, 6.07) is 8.19. The second kappa shape index (κ2) is 9.90. The molecule has 1 aromatic carbocycles. The highest BCUT2D eigenvalue weighted by Gasteiger charge is 2.24. The van der Waals surface area contributed by atoms with Crippen molar-refractivity contribution < 1.29 is 9.53 Å². The molecule has 2 aliphatic heterocycles. The summed E-state index contributed by atoms with van der Waals surface area (Å²) in [5.74, 6) is 0.947. The van der Waals surface area contributed by atoms with E-state index in [1.54, 1.807) is 0 Å². The molecule has 0 atom stereocenters. The highest BCUT2D eigenvalue weighted by Crippen LogP contribution is 2.25. The van der Waals surface area contributed by atoms with Crippen LogP contribution in [0.3, 0.4) is 0 Å². The van der Waals surface area contributed by atoms with Crippen molar-refractivity contribution in [3.8, 4) is 0 Å². The fourth-order valence-corrected chi connectivity index (χ4v) is 3.91. The van der Waals surface area contributed by atoms with E-state index in [1.807, 2.05) is 17.0 Å². The number of morpholine rings is 1. The van der Waals surface area contributed by atoms with Crippen LogP contribution in [0.25, 0.3) is 0 Å². The SMILES string of the molecule is CC(C)(C)c1ccc(C(=O)N2CCC(CCN3CCOCC3)CC2)cc1.Cl. The molecule has 0 aromatic heterocycles. The van der Waals surface area contributed by atoms with E-state index in [4.69, 9.17) is 4.74 Å². The fourth-order valence-electron chi connectivity index (χ4n) is 3.91. The van der Waals surface area contributed by atoms with Crippen molar-refractivity contribution >= 4 is 18.3 Å². The van der Waals surface area contributed by atoms with Crippen molar-refractivity contribution in [1.29, 1.82) is 0 Å². The van der Waals surface area contributed by atoms with Gasteiger partial charge < -0.3 is 9.64 Å².